The van der Waals surface area contributed by atoms with Crippen molar-refractivity contribution in [1.29, 1.82) is 0 Å². The van der Waals surface area contributed by atoms with Crippen molar-refractivity contribution in [3.8, 4) is 11.5 Å². The van der Waals surface area contributed by atoms with Gasteiger partial charge < -0.3 is 9.47 Å². The van der Waals surface area contributed by atoms with Gasteiger partial charge in [-0.2, -0.15) is 18.3 Å². The van der Waals surface area contributed by atoms with Crippen molar-refractivity contribution in [2.75, 3.05) is 14.2 Å². The van der Waals surface area contributed by atoms with Crippen LogP contribution in [0.4, 0.5) is 13.2 Å². The summed E-state index contributed by atoms with van der Waals surface area (Å²) in [6.45, 7) is -0.180. The van der Waals surface area contributed by atoms with Crippen LogP contribution < -0.4 is 14.2 Å². The van der Waals surface area contributed by atoms with Crippen LogP contribution in [-0.4, -0.2) is 38.3 Å². The molecule has 0 aliphatic carbocycles. The van der Waals surface area contributed by atoms with Crippen LogP contribution in [0.1, 0.15) is 21.5 Å². The highest BCUT2D eigenvalue weighted by Gasteiger charge is 2.35. The first-order chi connectivity index (χ1) is 15.1. The molecule has 0 unspecified atom stereocenters. The highest BCUT2D eigenvalue weighted by Crippen LogP contribution is 2.34. The van der Waals surface area contributed by atoms with Crippen LogP contribution >= 0.6 is 0 Å². The monoisotopic (exact) mass is 469 g/mol. The molecule has 0 bridgehead atoms. The summed E-state index contributed by atoms with van der Waals surface area (Å²) < 4.78 is 79.6. The lowest BCUT2D eigenvalue weighted by atomic mass is 10.0. The maximum Gasteiger partial charge on any atom is 0.416 e. The van der Waals surface area contributed by atoms with Gasteiger partial charge in [-0.15, -0.1) is 0 Å². The zero-order valence-electron chi connectivity index (χ0n) is 16.9. The molecule has 8 nitrogen and oxygen atoms in total. The van der Waals surface area contributed by atoms with Crippen molar-refractivity contribution in [2.24, 2.45) is 0 Å². The lowest BCUT2D eigenvalue weighted by Gasteiger charge is -2.16. The average molecular weight is 469 g/mol. The van der Waals surface area contributed by atoms with Gasteiger partial charge in [0.05, 0.1) is 26.3 Å². The third-order valence-corrected chi connectivity index (χ3v) is 5.84. The highest BCUT2D eigenvalue weighted by atomic mass is 32.2. The Labute approximate surface area is 181 Å². The van der Waals surface area contributed by atoms with Crippen LogP contribution in [0.2, 0.25) is 0 Å². The quantitative estimate of drug-likeness (QED) is 0.571. The van der Waals surface area contributed by atoms with E-state index in [2.05, 4.69) is 5.10 Å². The molecular formula is C20H18F3N3O5S. The van der Waals surface area contributed by atoms with Gasteiger partial charge in [-0.05, 0) is 35.9 Å². The number of benzene rings is 2. The number of carbonyl (C=O) groups is 1. The van der Waals surface area contributed by atoms with E-state index in [4.69, 9.17) is 9.47 Å². The first kappa shape index (κ1) is 23.1. The third kappa shape index (κ3) is 4.85. The molecule has 1 N–H and O–H groups in total. The van der Waals surface area contributed by atoms with E-state index in [0.717, 1.165) is 12.1 Å². The maximum absolute atomic E-state index is 13.6. The van der Waals surface area contributed by atoms with Gasteiger partial charge in [-0.1, -0.05) is 12.1 Å². The number of aromatic nitrogens is 2. The summed E-state index contributed by atoms with van der Waals surface area (Å²) in [7, 11) is -2.09. The standard InChI is InChI=1S/C20H18F3N3O5S/c1-30-16-5-3-6-17(31-2)18(16)32(28,29)25-19(27)13-7-8-14(12-26-10-4-9-24-26)15(11-13)20(21,22)23/h3-11H,12H2,1-2H3,(H,25,27). The number of hydrogen-bond acceptors (Lipinski definition) is 6. The Bertz CT molecular complexity index is 1200. The Morgan fingerprint density at radius 2 is 1.75 bits per heavy atom. The molecular weight excluding hydrogens is 451 g/mol. The summed E-state index contributed by atoms with van der Waals surface area (Å²) in [5, 5.41) is 3.87. The molecule has 1 amide bonds. The molecule has 0 aliphatic rings. The Balaban J connectivity index is 1.96. The number of rotatable bonds is 7. The number of hydrogen-bond donors (Lipinski definition) is 1. The lowest BCUT2D eigenvalue weighted by molar-refractivity contribution is -0.138. The number of methoxy groups -OCH3 is 2. The summed E-state index contributed by atoms with van der Waals surface area (Å²) in [4.78, 5) is 12.1. The van der Waals surface area contributed by atoms with Gasteiger partial charge in [-0.3, -0.25) is 9.48 Å². The Hall–Kier alpha value is -3.54. The molecule has 1 aromatic heterocycles. The Morgan fingerprint density at radius 1 is 1.09 bits per heavy atom. The molecule has 0 saturated heterocycles. The van der Waals surface area contributed by atoms with E-state index in [0.29, 0.717) is 6.07 Å². The summed E-state index contributed by atoms with van der Waals surface area (Å²) in [5.41, 5.74) is -1.70. The molecule has 0 saturated carbocycles. The van der Waals surface area contributed by atoms with E-state index in [-0.39, 0.29) is 23.6 Å². The van der Waals surface area contributed by atoms with Gasteiger partial charge in [0.25, 0.3) is 15.9 Å². The minimum atomic E-state index is -4.77. The molecule has 0 spiro atoms. The first-order valence-corrected chi connectivity index (χ1v) is 10.5. The third-order valence-electron chi connectivity index (χ3n) is 4.45. The van der Waals surface area contributed by atoms with Gasteiger partial charge in [0.2, 0.25) is 0 Å². The van der Waals surface area contributed by atoms with Crippen molar-refractivity contribution in [1.82, 2.24) is 14.5 Å². The molecule has 0 atom stereocenters. The second kappa shape index (κ2) is 8.91. The zero-order chi connectivity index (χ0) is 23.5. The van der Waals surface area contributed by atoms with E-state index in [1.54, 1.807) is 10.8 Å². The molecule has 32 heavy (non-hydrogen) atoms. The van der Waals surface area contributed by atoms with E-state index in [1.807, 2.05) is 0 Å². The summed E-state index contributed by atoms with van der Waals surface area (Å²) >= 11 is 0. The van der Waals surface area contributed by atoms with Gasteiger partial charge in [0, 0.05) is 18.0 Å². The predicted octanol–water partition coefficient (Wildman–Crippen LogP) is 3.09. The van der Waals surface area contributed by atoms with Crippen molar-refractivity contribution in [3.63, 3.8) is 0 Å². The smallest absolute Gasteiger partial charge is 0.416 e. The molecule has 0 aliphatic heterocycles. The largest absolute Gasteiger partial charge is 0.495 e. The van der Waals surface area contributed by atoms with Crippen LogP contribution in [0.5, 0.6) is 11.5 Å². The minimum absolute atomic E-state index is 0.102. The number of alkyl halides is 3. The van der Waals surface area contributed by atoms with Crippen molar-refractivity contribution >= 4 is 15.9 Å². The second-order valence-corrected chi connectivity index (χ2v) is 8.12. The van der Waals surface area contributed by atoms with Gasteiger partial charge >= 0.3 is 6.18 Å². The normalized spacial score (nSPS) is 11.8. The van der Waals surface area contributed by atoms with Crippen molar-refractivity contribution in [3.05, 3.63) is 71.5 Å². The fraction of sp³-hybridized carbons (Fsp3) is 0.200. The fourth-order valence-corrected chi connectivity index (χ4v) is 4.30. The Morgan fingerprint density at radius 3 is 2.28 bits per heavy atom. The van der Waals surface area contributed by atoms with Crippen LogP contribution in [0, 0.1) is 0 Å². The zero-order valence-corrected chi connectivity index (χ0v) is 17.7. The first-order valence-electron chi connectivity index (χ1n) is 9.02. The number of amides is 1. The molecule has 3 aromatic rings. The molecule has 12 heteroatoms. The fourth-order valence-electron chi connectivity index (χ4n) is 3.00. The number of nitrogens with zero attached hydrogens (tertiary/aromatic N) is 2. The molecule has 0 fully saturated rings. The van der Waals surface area contributed by atoms with Crippen LogP contribution in [0.25, 0.3) is 0 Å². The topological polar surface area (TPSA) is 99.5 Å². The summed E-state index contributed by atoms with van der Waals surface area (Å²) in [5.74, 6) is -1.44. The van der Waals surface area contributed by atoms with Crippen LogP contribution in [-0.2, 0) is 22.7 Å². The van der Waals surface area contributed by atoms with E-state index in [1.165, 1.54) is 49.5 Å². The Kier molecular flexibility index (Phi) is 6.44. The van der Waals surface area contributed by atoms with Crippen LogP contribution in [0.15, 0.2) is 59.8 Å². The average Bonchev–Trinajstić information content (AvgIpc) is 3.25. The number of halogens is 3. The highest BCUT2D eigenvalue weighted by molar-refractivity contribution is 7.90. The van der Waals surface area contributed by atoms with Crippen molar-refractivity contribution in [2.45, 2.75) is 17.6 Å². The van der Waals surface area contributed by atoms with Crippen LogP contribution in [0.3, 0.4) is 0 Å². The molecule has 3 rings (SSSR count). The number of sulfonamides is 1. The molecule has 0 radical (unpaired) electrons. The van der Waals surface area contributed by atoms with Crippen molar-refractivity contribution < 1.29 is 35.9 Å². The second-order valence-electron chi connectivity index (χ2n) is 6.50. The summed E-state index contributed by atoms with van der Waals surface area (Å²) in [6, 6.07) is 8.54. The van der Waals surface area contributed by atoms with Gasteiger partial charge in [0.15, 0.2) is 4.90 Å². The lowest BCUT2D eigenvalue weighted by Crippen LogP contribution is -2.31. The number of ether oxygens (including phenoxy) is 2. The van der Waals surface area contributed by atoms with E-state index < -0.39 is 38.1 Å². The van der Waals surface area contributed by atoms with E-state index in [9.17, 15) is 26.4 Å². The van der Waals surface area contributed by atoms with E-state index >= 15 is 0 Å². The molecule has 1 heterocycles. The predicted molar refractivity (Wildman–Crippen MR) is 107 cm³/mol. The number of nitrogens with one attached hydrogen (secondary N) is 1. The SMILES string of the molecule is COc1cccc(OC)c1S(=O)(=O)NC(=O)c1ccc(Cn2cccn2)c(C(F)(F)F)c1. The molecule has 170 valence electrons. The van der Waals surface area contributed by atoms with Gasteiger partial charge in [0.1, 0.15) is 11.5 Å². The number of carbonyl (C=O) groups excluding carboxylic acids is 1. The minimum Gasteiger partial charge on any atom is -0.495 e. The summed E-state index contributed by atoms with van der Waals surface area (Å²) in [6.07, 6.45) is -1.86. The maximum atomic E-state index is 13.6. The van der Waals surface area contributed by atoms with Gasteiger partial charge in [-0.25, -0.2) is 13.1 Å². The molecule has 2 aromatic carbocycles.